The molecule has 8 nitrogen and oxygen atoms in total. The van der Waals surface area contributed by atoms with E-state index in [1.165, 1.54) is 6.07 Å². The lowest BCUT2D eigenvalue weighted by atomic mass is 10.1. The molecule has 1 amide bonds. The number of aliphatic hydroxyl groups excluding tert-OH is 1. The Labute approximate surface area is 191 Å². The van der Waals surface area contributed by atoms with Gasteiger partial charge >= 0.3 is 0 Å². The third kappa shape index (κ3) is 5.29. The Bertz CT molecular complexity index is 1250. The number of halogens is 1. The summed E-state index contributed by atoms with van der Waals surface area (Å²) in [6.07, 6.45) is 4.12. The summed E-state index contributed by atoms with van der Waals surface area (Å²) >= 11 is 6.14. The van der Waals surface area contributed by atoms with Crippen LogP contribution in [0.15, 0.2) is 47.5 Å². The van der Waals surface area contributed by atoms with Crippen molar-refractivity contribution in [2.24, 2.45) is 0 Å². The lowest BCUT2D eigenvalue weighted by Gasteiger charge is -2.29. The molecule has 32 heavy (non-hydrogen) atoms. The predicted octanol–water partition coefficient (Wildman–Crippen LogP) is 2.69. The molecule has 170 valence electrons. The summed E-state index contributed by atoms with van der Waals surface area (Å²) < 4.78 is 26.6. The van der Waals surface area contributed by atoms with Gasteiger partial charge in [0.15, 0.2) is 9.84 Å². The average molecular weight is 477 g/mol. The van der Waals surface area contributed by atoms with Crippen molar-refractivity contribution in [1.82, 2.24) is 14.7 Å². The first-order valence-corrected chi connectivity index (χ1v) is 12.6. The van der Waals surface area contributed by atoms with Crippen molar-refractivity contribution in [1.29, 1.82) is 0 Å². The van der Waals surface area contributed by atoms with E-state index in [9.17, 15) is 18.3 Å². The zero-order chi connectivity index (χ0) is 22.9. The number of carbonyl (C=O) groups excluding carboxylic acids is 1. The molecule has 1 aliphatic heterocycles. The summed E-state index contributed by atoms with van der Waals surface area (Å²) in [4.78, 5) is 14.8. The smallest absolute Gasteiger partial charge is 0.228 e. The van der Waals surface area contributed by atoms with Crippen molar-refractivity contribution in [3.05, 3.63) is 53.2 Å². The second-order valence-electron chi connectivity index (χ2n) is 8.16. The van der Waals surface area contributed by atoms with E-state index in [4.69, 9.17) is 11.6 Å². The fourth-order valence-electron chi connectivity index (χ4n) is 3.87. The first-order chi connectivity index (χ1) is 15.2. The summed E-state index contributed by atoms with van der Waals surface area (Å²) in [5.74, 6) is -0.295. The van der Waals surface area contributed by atoms with Crippen LogP contribution in [0.3, 0.4) is 0 Å². The molecular formula is C22H25ClN4O4S. The molecule has 0 atom stereocenters. The lowest BCUT2D eigenvalue weighted by molar-refractivity contribution is -0.115. The van der Waals surface area contributed by atoms with Crippen LogP contribution in [0.2, 0.25) is 5.02 Å². The number of hydrogen-bond acceptors (Lipinski definition) is 6. The Morgan fingerprint density at radius 2 is 1.97 bits per heavy atom. The minimum atomic E-state index is -3.58. The Hall–Kier alpha value is -2.46. The Morgan fingerprint density at radius 1 is 1.25 bits per heavy atom. The number of fused-ring (bicyclic) bond motifs is 1. The van der Waals surface area contributed by atoms with Crippen LogP contribution in [0.5, 0.6) is 0 Å². The van der Waals surface area contributed by atoms with Gasteiger partial charge in [-0.15, -0.1) is 0 Å². The van der Waals surface area contributed by atoms with Gasteiger partial charge in [-0.1, -0.05) is 29.8 Å². The lowest BCUT2D eigenvalue weighted by Crippen LogP contribution is -2.37. The molecule has 0 saturated carbocycles. The number of aliphatic hydroxyl groups is 1. The molecule has 4 rings (SSSR count). The van der Waals surface area contributed by atoms with Crippen molar-refractivity contribution >= 4 is 43.9 Å². The quantitative estimate of drug-likeness (QED) is 0.566. The van der Waals surface area contributed by atoms with Crippen LogP contribution >= 0.6 is 11.6 Å². The highest BCUT2D eigenvalue weighted by Gasteiger charge is 2.20. The molecule has 3 aromatic rings. The number of hydrogen-bond donors (Lipinski definition) is 2. The molecular weight excluding hydrogens is 452 g/mol. The topological polar surface area (TPSA) is 105 Å². The normalized spacial score (nSPS) is 15.8. The van der Waals surface area contributed by atoms with E-state index >= 15 is 0 Å². The molecule has 1 saturated heterocycles. The Morgan fingerprint density at radius 3 is 2.66 bits per heavy atom. The van der Waals surface area contributed by atoms with Crippen molar-refractivity contribution in [2.45, 2.75) is 36.9 Å². The van der Waals surface area contributed by atoms with E-state index in [2.05, 4.69) is 15.3 Å². The monoisotopic (exact) mass is 476 g/mol. The van der Waals surface area contributed by atoms with Gasteiger partial charge in [0, 0.05) is 41.6 Å². The first-order valence-electron chi connectivity index (χ1n) is 10.3. The fourth-order valence-corrected chi connectivity index (χ4v) is 4.92. The summed E-state index contributed by atoms with van der Waals surface area (Å²) in [6.45, 7) is 2.00. The van der Waals surface area contributed by atoms with E-state index in [1.807, 2.05) is 0 Å². The maximum absolute atomic E-state index is 12.6. The Kier molecular flexibility index (Phi) is 6.52. The van der Waals surface area contributed by atoms with Crippen molar-refractivity contribution in [3.63, 3.8) is 0 Å². The molecule has 1 aliphatic rings. The zero-order valence-corrected chi connectivity index (χ0v) is 19.2. The summed E-state index contributed by atoms with van der Waals surface area (Å²) in [5.41, 5.74) is 1.44. The zero-order valence-electron chi connectivity index (χ0n) is 17.7. The van der Waals surface area contributed by atoms with Gasteiger partial charge in [-0.2, -0.15) is 5.10 Å². The van der Waals surface area contributed by atoms with Gasteiger partial charge in [0.05, 0.1) is 24.1 Å². The SMILES string of the molecule is CS(=O)(=O)c1cc(NC(=O)Cc2ccccc2Cl)cc2cn(CN3CCC(O)CC3)nc12. The van der Waals surface area contributed by atoms with E-state index in [0.29, 0.717) is 46.7 Å². The minimum Gasteiger partial charge on any atom is -0.393 e. The molecule has 0 spiro atoms. The number of sulfone groups is 1. The van der Waals surface area contributed by atoms with Crippen LogP contribution in [0, 0.1) is 0 Å². The van der Waals surface area contributed by atoms with Gasteiger partial charge in [-0.3, -0.25) is 14.4 Å². The number of benzene rings is 2. The van der Waals surface area contributed by atoms with E-state index in [-0.39, 0.29) is 23.3 Å². The molecule has 2 N–H and O–H groups in total. The van der Waals surface area contributed by atoms with E-state index in [1.54, 1.807) is 41.2 Å². The van der Waals surface area contributed by atoms with Crippen LogP contribution in [0.25, 0.3) is 10.9 Å². The van der Waals surface area contributed by atoms with Crippen LogP contribution in [-0.4, -0.2) is 59.6 Å². The molecule has 0 radical (unpaired) electrons. The van der Waals surface area contributed by atoms with Crippen molar-refractivity contribution in [2.75, 3.05) is 24.7 Å². The van der Waals surface area contributed by atoms with Gasteiger partial charge in [0.25, 0.3) is 0 Å². The molecule has 1 fully saturated rings. The first kappa shape index (κ1) is 22.7. The second-order valence-corrected chi connectivity index (χ2v) is 10.6. The number of amides is 1. The summed E-state index contributed by atoms with van der Waals surface area (Å²) in [7, 11) is -3.58. The molecule has 10 heteroatoms. The fraction of sp³-hybridized carbons (Fsp3) is 0.364. The number of nitrogens with zero attached hydrogens (tertiary/aromatic N) is 3. The van der Waals surface area contributed by atoms with Crippen LogP contribution in [-0.2, 0) is 27.7 Å². The molecule has 2 heterocycles. The van der Waals surface area contributed by atoms with Crippen molar-refractivity contribution < 1.29 is 18.3 Å². The van der Waals surface area contributed by atoms with E-state index < -0.39 is 9.84 Å². The number of anilines is 1. The number of aromatic nitrogens is 2. The standard InChI is InChI=1S/C22H25ClN4O4S/c1-32(30,31)20-12-17(24-21(29)11-15-4-2-3-5-19(15)23)10-16-13-27(25-22(16)20)14-26-8-6-18(28)7-9-26/h2-5,10,12-13,18,28H,6-9,11,14H2,1H3,(H,24,29). The van der Waals surface area contributed by atoms with Gasteiger partial charge in [-0.05, 0) is 36.6 Å². The third-order valence-electron chi connectivity index (χ3n) is 5.52. The van der Waals surface area contributed by atoms with Crippen molar-refractivity contribution in [3.8, 4) is 0 Å². The molecule has 1 aromatic heterocycles. The number of likely N-dealkylation sites (tertiary alicyclic amines) is 1. The molecule has 0 unspecified atom stereocenters. The maximum atomic E-state index is 12.6. The highest BCUT2D eigenvalue weighted by Crippen LogP contribution is 2.27. The molecule has 0 bridgehead atoms. The second kappa shape index (κ2) is 9.19. The van der Waals surface area contributed by atoms with Crippen LogP contribution in [0.1, 0.15) is 18.4 Å². The van der Waals surface area contributed by atoms with Crippen LogP contribution < -0.4 is 5.32 Å². The van der Waals surface area contributed by atoms with Gasteiger partial charge in [0.1, 0.15) is 5.52 Å². The van der Waals surface area contributed by atoms with Gasteiger partial charge in [-0.25, -0.2) is 8.42 Å². The average Bonchev–Trinajstić information content (AvgIpc) is 3.12. The minimum absolute atomic E-state index is 0.0656. The predicted molar refractivity (Wildman–Crippen MR) is 123 cm³/mol. The third-order valence-corrected chi connectivity index (χ3v) is 6.99. The number of nitrogens with one attached hydrogen (secondary N) is 1. The molecule has 2 aromatic carbocycles. The largest absolute Gasteiger partial charge is 0.393 e. The number of piperidine rings is 1. The highest BCUT2D eigenvalue weighted by atomic mass is 35.5. The highest BCUT2D eigenvalue weighted by molar-refractivity contribution is 7.91. The number of rotatable bonds is 6. The van der Waals surface area contributed by atoms with Crippen LogP contribution in [0.4, 0.5) is 5.69 Å². The molecule has 0 aliphatic carbocycles. The Balaban J connectivity index is 1.59. The maximum Gasteiger partial charge on any atom is 0.228 e. The summed E-state index contributed by atoms with van der Waals surface area (Å²) in [6, 6.07) is 10.3. The number of carbonyl (C=O) groups is 1. The van der Waals surface area contributed by atoms with E-state index in [0.717, 1.165) is 19.3 Å². The van der Waals surface area contributed by atoms with Gasteiger partial charge in [0.2, 0.25) is 5.91 Å². The summed E-state index contributed by atoms with van der Waals surface area (Å²) in [5, 5.41) is 18.1. The van der Waals surface area contributed by atoms with Gasteiger partial charge < -0.3 is 10.4 Å².